The first-order valence-corrected chi connectivity index (χ1v) is 4.79. The minimum Gasteiger partial charge on any atom is -0.0806 e. The number of hydrogen-bond acceptors (Lipinski definition) is 0. The van der Waals surface area contributed by atoms with E-state index in [9.17, 15) is 0 Å². The van der Waals surface area contributed by atoms with Gasteiger partial charge in [-0.1, -0.05) is 37.1 Å². The van der Waals surface area contributed by atoms with Crippen molar-refractivity contribution in [3.05, 3.63) is 23.8 Å². The summed E-state index contributed by atoms with van der Waals surface area (Å²) in [5, 5.41) is 0. The number of allylic oxidation sites excluding steroid dienone is 4. The van der Waals surface area contributed by atoms with Crippen LogP contribution in [0.5, 0.6) is 0 Å². The predicted molar refractivity (Wildman–Crippen MR) is 48.3 cm³/mol. The molecule has 0 aromatic heterocycles. The van der Waals surface area contributed by atoms with E-state index >= 15 is 0 Å². The molecule has 0 amide bonds. The summed E-state index contributed by atoms with van der Waals surface area (Å²) in [6.45, 7) is 2.24. The van der Waals surface area contributed by atoms with Crippen LogP contribution >= 0.6 is 0 Å². The Bertz CT molecular complexity index is 198. The molecule has 0 heteroatoms. The molecule has 1 saturated carbocycles. The summed E-state index contributed by atoms with van der Waals surface area (Å²) < 4.78 is 0. The molecular weight excluding hydrogens is 132 g/mol. The summed E-state index contributed by atoms with van der Waals surface area (Å²) in [7, 11) is 0. The summed E-state index contributed by atoms with van der Waals surface area (Å²) in [5.41, 5.74) is 1.55. The van der Waals surface area contributed by atoms with Gasteiger partial charge in [-0.3, -0.25) is 0 Å². The summed E-state index contributed by atoms with van der Waals surface area (Å²) >= 11 is 0. The largest absolute Gasteiger partial charge is 0.0806 e. The average molecular weight is 148 g/mol. The standard InChI is InChI=1S/C11H16/c1-2-9-6-7-10-4-3-5-11(10)8-9/h6-8,10-11H,2-5H2,1H3. The third-order valence-corrected chi connectivity index (χ3v) is 3.02. The molecule has 1 fully saturated rings. The molecule has 11 heavy (non-hydrogen) atoms. The van der Waals surface area contributed by atoms with E-state index in [-0.39, 0.29) is 0 Å². The second-order valence-electron chi connectivity index (χ2n) is 3.71. The fourth-order valence-corrected chi connectivity index (χ4v) is 2.28. The summed E-state index contributed by atoms with van der Waals surface area (Å²) in [4.78, 5) is 0. The van der Waals surface area contributed by atoms with E-state index in [2.05, 4.69) is 25.2 Å². The van der Waals surface area contributed by atoms with E-state index in [1.807, 2.05) is 0 Å². The average Bonchev–Trinajstić information content (AvgIpc) is 2.50. The van der Waals surface area contributed by atoms with E-state index in [4.69, 9.17) is 0 Å². The first kappa shape index (κ1) is 7.15. The summed E-state index contributed by atoms with van der Waals surface area (Å²) in [5.74, 6) is 1.79. The fourth-order valence-electron chi connectivity index (χ4n) is 2.28. The molecule has 2 unspecified atom stereocenters. The van der Waals surface area contributed by atoms with E-state index in [0.29, 0.717) is 0 Å². The van der Waals surface area contributed by atoms with Crippen molar-refractivity contribution in [1.82, 2.24) is 0 Å². The molecule has 60 valence electrons. The third kappa shape index (κ3) is 1.26. The van der Waals surface area contributed by atoms with Gasteiger partial charge in [0.05, 0.1) is 0 Å². The SMILES string of the molecule is CCC1=CC2CCCC2C=C1. The lowest BCUT2D eigenvalue weighted by atomic mass is 9.88. The first-order valence-electron chi connectivity index (χ1n) is 4.79. The van der Waals surface area contributed by atoms with Crippen LogP contribution in [0.2, 0.25) is 0 Å². The van der Waals surface area contributed by atoms with E-state index < -0.39 is 0 Å². The molecule has 0 aromatic rings. The smallest absolute Gasteiger partial charge is 0.0165 e. The van der Waals surface area contributed by atoms with Crippen molar-refractivity contribution in [2.45, 2.75) is 32.6 Å². The van der Waals surface area contributed by atoms with Gasteiger partial charge in [-0.25, -0.2) is 0 Å². The van der Waals surface area contributed by atoms with Gasteiger partial charge in [0.15, 0.2) is 0 Å². The molecule has 0 aromatic carbocycles. The lowest BCUT2D eigenvalue weighted by Crippen LogP contribution is -2.06. The Morgan fingerprint density at radius 1 is 1.36 bits per heavy atom. The summed E-state index contributed by atoms with van der Waals surface area (Å²) in [6.07, 6.45) is 12.8. The van der Waals surface area contributed by atoms with Crippen molar-refractivity contribution in [2.24, 2.45) is 11.8 Å². The van der Waals surface area contributed by atoms with E-state index in [1.54, 1.807) is 5.57 Å². The molecular formula is C11H16. The fraction of sp³-hybridized carbons (Fsp3) is 0.636. The molecule has 0 N–H and O–H groups in total. The second-order valence-corrected chi connectivity index (χ2v) is 3.71. The Kier molecular flexibility index (Phi) is 1.85. The molecule has 2 aliphatic rings. The van der Waals surface area contributed by atoms with Crippen LogP contribution in [0.3, 0.4) is 0 Å². The van der Waals surface area contributed by atoms with Gasteiger partial charge in [-0.15, -0.1) is 0 Å². The lowest BCUT2D eigenvalue weighted by Gasteiger charge is -2.17. The Morgan fingerprint density at radius 3 is 3.00 bits per heavy atom. The predicted octanol–water partition coefficient (Wildman–Crippen LogP) is 3.31. The maximum absolute atomic E-state index is 2.50. The van der Waals surface area contributed by atoms with Gasteiger partial charge >= 0.3 is 0 Å². The van der Waals surface area contributed by atoms with Crippen molar-refractivity contribution in [2.75, 3.05) is 0 Å². The summed E-state index contributed by atoms with van der Waals surface area (Å²) in [6, 6.07) is 0. The topological polar surface area (TPSA) is 0 Å². The van der Waals surface area contributed by atoms with Crippen LogP contribution in [-0.4, -0.2) is 0 Å². The maximum Gasteiger partial charge on any atom is -0.0165 e. The Labute approximate surface area is 69.0 Å². The zero-order valence-electron chi connectivity index (χ0n) is 7.22. The Hall–Kier alpha value is -0.520. The van der Waals surface area contributed by atoms with Crippen molar-refractivity contribution < 1.29 is 0 Å². The van der Waals surface area contributed by atoms with Gasteiger partial charge in [-0.2, -0.15) is 0 Å². The minimum atomic E-state index is 0.894. The van der Waals surface area contributed by atoms with Gasteiger partial charge in [0, 0.05) is 0 Å². The normalized spacial score (nSPS) is 35.2. The van der Waals surface area contributed by atoms with Gasteiger partial charge < -0.3 is 0 Å². The van der Waals surface area contributed by atoms with Crippen LogP contribution in [0.25, 0.3) is 0 Å². The molecule has 0 radical (unpaired) electrons. The Balaban J connectivity index is 2.14. The van der Waals surface area contributed by atoms with Crippen molar-refractivity contribution >= 4 is 0 Å². The molecule has 0 bridgehead atoms. The molecule has 2 rings (SSSR count). The highest BCUT2D eigenvalue weighted by atomic mass is 14.3. The number of rotatable bonds is 1. The molecule has 0 spiro atoms. The monoisotopic (exact) mass is 148 g/mol. The molecule has 0 heterocycles. The van der Waals surface area contributed by atoms with Crippen LogP contribution in [0.15, 0.2) is 23.8 Å². The number of hydrogen-bond donors (Lipinski definition) is 0. The van der Waals surface area contributed by atoms with Crippen molar-refractivity contribution in [3.63, 3.8) is 0 Å². The third-order valence-electron chi connectivity index (χ3n) is 3.02. The van der Waals surface area contributed by atoms with Crippen LogP contribution < -0.4 is 0 Å². The minimum absolute atomic E-state index is 0.894. The molecule has 2 aliphatic carbocycles. The highest BCUT2D eigenvalue weighted by molar-refractivity contribution is 5.26. The molecule has 0 aliphatic heterocycles. The lowest BCUT2D eigenvalue weighted by molar-refractivity contribution is 0.546. The van der Waals surface area contributed by atoms with Crippen LogP contribution in [0, 0.1) is 11.8 Å². The van der Waals surface area contributed by atoms with Crippen LogP contribution in [-0.2, 0) is 0 Å². The van der Waals surface area contributed by atoms with E-state index in [0.717, 1.165) is 11.8 Å². The first-order chi connectivity index (χ1) is 5.40. The van der Waals surface area contributed by atoms with Crippen LogP contribution in [0.1, 0.15) is 32.6 Å². The second kappa shape index (κ2) is 2.84. The molecule has 0 nitrogen and oxygen atoms in total. The van der Waals surface area contributed by atoms with E-state index in [1.165, 1.54) is 25.7 Å². The zero-order chi connectivity index (χ0) is 7.68. The highest BCUT2D eigenvalue weighted by Gasteiger charge is 2.25. The van der Waals surface area contributed by atoms with Gasteiger partial charge in [0.25, 0.3) is 0 Å². The number of fused-ring (bicyclic) bond motifs is 1. The van der Waals surface area contributed by atoms with Crippen LogP contribution in [0.4, 0.5) is 0 Å². The van der Waals surface area contributed by atoms with Crippen molar-refractivity contribution in [3.8, 4) is 0 Å². The maximum atomic E-state index is 2.50. The highest BCUT2D eigenvalue weighted by Crippen LogP contribution is 2.37. The van der Waals surface area contributed by atoms with Crippen molar-refractivity contribution in [1.29, 1.82) is 0 Å². The molecule has 0 saturated heterocycles. The quantitative estimate of drug-likeness (QED) is 0.535. The van der Waals surface area contributed by atoms with Gasteiger partial charge in [0.2, 0.25) is 0 Å². The Morgan fingerprint density at radius 2 is 2.18 bits per heavy atom. The molecule has 2 atom stereocenters. The zero-order valence-corrected chi connectivity index (χ0v) is 7.22. The van der Waals surface area contributed by atoms with Gasteiger partial charge in [-0.05, 0) is 31.1 Å². The van der Waals surface area contributed by atoms with Gasteiger partial charge in [0.1, 0.15) is 0 Å².